The molecule has 7 nitrogen and oxygen atoms in total. The molecular formula is C27H27N5O2. The molecule has 0 saturated heterocycles. The van der Waals surface area contributed by atoms with E-state index < -0.39 is 0 Å². The maximum absolute atomic E-state index is 12.7. The number of rotatable bonds is 7. The van der Waals surface area contributed by atoms with Crippen molar-refractivity contribution < 1.29 is 4.79 Å². The first-order valence-corrected chi connectivity index (χ1v) is 11.1. The average Bonchev–Trinajstić information content (AvgIpc) is 2.81. The summed E-state index contributed by atoms with van der Waals surface area (Å²) in [6, 6.07) is 18.5. The Labute approximate surface area is 198 Å². The summed E-state index contributed by atoms with van der Waals surface area (Å²) in [5, 5.41) is 2.97. The molecule has 0 atom stereocenters. The maximum Gasteiger partial charge on any atom is 0.251 e. The van der Waals surface area contributed by atoms with Crippen molar-refractivity contribution in [2.75, 3.05) is 5.73 Å². The van der Waals surface area contributed by atoms with Crippen LogP contribution in [-0.4, -0.2) is 20.4 Å². The van der Waals surface area contributed by atoms with Gasteiger partial charge in [0.2, 0.25) is 0 Å². The lowest BCUT2D eigenvalue weighted by atomic mass is 10.1. The highest BCUT2D eigenvalue weighted by Crippen LogP contribution is 2.15. The van der Waals surface area contributed by atoms with E-state index in [9.17, 15) is 9.59 Å². The number of nitrogens with one attached hydrogen (secondary N) is 1. The van der Waals surface area contributed by atoms with Gasteiger partial charge in [-0.2, -0.15) is 0 Å². The smallest absolute Gasteiger partial charge is 0.251 e. The van der Waals surface area contributed by atoms with E-state index in [-0.39, 0.29) is 11.5 Å². The molecular weight excluding hydrogens is 426 g/mol. The molecule has 0 spiro atoms. The van der Waals surface area contributed by atoms with Gasteiger partial charge >= 0.3 is 0 Å². The number of anilines is 1. The summed E-state index contributed by atoms with van der Waals surface area (Å²) in [5.41, 5.74) is 12.0. The number of carbonyl (C=O) groups excluding carboxylic acids is 1. The molecule has 1 amide bonds. The van der Waals surface area contributed by atoms with Crippen molar-refractivity contribution in [1.29, 1.82) is 0 Å². The number of hydrogen-bond donors (Lipinski definition) is 2. The molecule has 0 aliphatic rings. The highest BCUT2D eigenvalue weighted by molar-refractivity contribution is 5.94. The Balaban J connectivity index is 1.40. The van der Waals surface area contributed by atoms with Gasteiger partial charge in [0.05, 0.1) is 6.54 Å². The minimum atomic E-state index is -0.164. The number of amides is 1. The van der Waals surface area contributed by atoms with Gasteiger partial charge in [-0.15, -0.1) is 0 Å². The van der Waals surface area contributed by atoms with Crippen LogP contribution in [0.15, 0.2) is 77.9 Å². The zero-order valence-corrected chi connectivity index (χ0v) is 19.3. The van der Waals surface area contributed by atoms with Gasteiger partial charge in [-0.05, 0) is 60.4 Å². The molecule has 7 heteroatoms. The quantitative estimate of drug-likeness (QED) is 0.446. The molecule has 0 radical (unpaired) electrons. The standard InChI is InChI=1S/C27H27N5O2/c1-18-13-25(28)31-19(2)24(18)16-30-27(34)22-10-11-29-23(15-22)14-20-6-8-21(9-7-20)17-32-12-4-3-5-26(32)33/h3-13,15H,14,16-17H2,1-2H3,(H2,28,31)(H,30,34). The lowest BCUT2D eigenvalue weighted by Gasteiger charge is -2.12. The minimum absolute atomic E-state index is 0.0242. The molecule has 3 heterocycles. The monoisotopic (exact) mass is 453 g/mol. The van der Waals surface area contributed by atoms with Crippen LogP contribution in [0.4, 0.5) is 5.82 Å². The Morgan fingerprint density at radius 2 is 1.79 bits per heavy atom. The number of benzene rings is 1. The Bertz CT molecular complexity index is 1350. The molecule has 0 unspecified atom stereocenters. The lowest BCUT2D eigenvalue weighted by Crippen LogP contribution is -2.24. The van der Waals surface area contributed by atoms with Crippen LogP contribution in [-0.2, 0) is 19.5 Å². The van der Waals surface area contributed by atoms with E-state index in [0.29, 0.717) is 30.9 Å². The largest absolute Gasteiger partial charge is 0.384 e. The van der Waals surface area contributed by atoms with Crippen molar-refractivity contribution in [2.24, 2.45) is 0 Å². The molecule has 3 aromatic heterocycles. The van der Waals surface area contributed by atoms with E-state index >= 15 is 0 Å². The molecule has 4 aromatic rings. The number of aromatic nitrogens is 3. The molecule has 0 fully saturated rings. The van der Waals surface area contributed by atoms with Crippen LogP contribution in [0.1, 0.15) is 44.0 Å². The molecule has 0 aliphatic carbocycles. The number of nitrogens with zero attached hydrogens (tertiary/aromatic N) is 3. The van der Waals surface area contributed by atoms with Gasteiger partial charge < -0.3 is 15.6 Å². The number of nitrogen functional groups attached to an aromatic ring is 1. The van der Waals surface area contributed by atoms with Crippen molar-refractivity contribution in [3.8, 4) is 0 Å². The van der Waals surface area contributed by atoms with Crippen LogP contribution < -0.4 is 16.6 Å². The van der Waals surface area contributed by atoms with Gasteiger partial charge in [0, 0.05) is 48.4 Å². The predicted octanol–water partition coefficient (Wildman–Crippen LogP) is 3.41. The van der Waals surface area contributed by atoms with Crippen molar-refractivity contribution in [3.05, 3.63) is 123 Å². The third-order valence-corrected chi connectivity index (χ3v) is 5.74. The Kier molecular flexibility index (Phi) is 6.82. The highest BCUT2D eigenvalue weighted by atomic mass is 16.1. The summed E-state index contributed by atoms with van der Waals surface area (Å²) in [5.74, 6) is 0.314. The van der Waals surface area contributed by atoms with Crippen molar-refractivity contribution in [3.63, 3.8) is 0 Å². The van der Waals surface area contributed by atoms with E-state index in [2.05, 4.69) is 15.3 Å². The van der Waals surface area contributed by atoms with E-state index in [1.54, 1.807) is 35.2 Å². The van der Waals surface area contributed by atoms with Gasteiger partial charge in [0.1, 0.15) is 5.82 Å². The molecule has 1 aromatic carbocycles. The topological polar surface area (TPSA) is 103 Å². The Morgan fingerprint density at radius 1 is 1.03 bits per heavy atom. The van der Waals surface area contributed by atoms with E-state index in [1.807, 2.05) is 56.3 Å². The van der Waals surface area contributed by atoms with E-state index in [4.69, 9.17) is 5.73 Å². The van der Waals surface area contributed by atoms with Gasteiger partial charge in [-0.3, -0.25) is 14.6 Å². The normalized spacial score (nSPS) is 10.8. The second kappa shape index (κ2) is 10.1. The number of carbonyl (C=O) groups is 1. The molecule has 3 N–H and O–H groups in total. The fourth-order valence-electron chi connectivity index (χ4n) is 3.90. The molecule has 0 aliphatic heterocycles. The van der Waals surface area contributed by atoms with Crippen LogP contribution >= 0.6 is 0 Å². The number of aryl methyl sites for hydroxylation is 2. The first kappa shape index (κ1) is 22.9. The number of hydrogen-bond acceptors (Lipinski definition) is 5. The lowest BCUT2D eigenvalue weighted by molar-refractivity contribution is 0.0950. The fraction of sp³-hybridized carbons (Fsp3) is 0.185. The minimum Gasteiger partial charge on any atom is -0.384 e. The van der Waals surface area contributed by atoms with Crippen LogP contribution in [0.25, 0.3) is 0 Å². The molecule has 34 heavy (non-hydrogen) atoms. The first-order chi connectivity index (χ1) is 16.4. The van der Waals surface area contributed by atoms with Crippen LogP contribution in [0, 0.1) is 13.8 Å². The van der Waals surface area contributed by atoms with Gasteiger partial charge in [0.25, 0.3) is 11.5 Å². The predicted molar refractivity (Wildman–Crippen MR) is 133 cm³/mol. The fourth-order valence-corrected chi connectivity index (χ4v) is 3.90. The first-order valence-electron chi connectivity index (χ1n) is 11.1. The highest BCUT2D eigenvalue weighted by Gasteiger charge is 2.11. The summed E-state index contributed by atoms with van der Waals surface area (Å²) >= 11 is 0. The van der Waals surface area contributed by atoms with Crippen molar-refractivity contribution in [2.45, 2.75) is 33.4 Å². The number of pyridine rings is 3. The van der Waals surface area contributed by atoms with E-state index in [1.165, 1.54) is 0 Å². The zero-order chi connectivity index (χ0) is 24.1. The Hall–Kier alpha value is -4.26. The summed E-state index contributed by atoms with van der Waals surface area (Å²) in [4.78, 5) is 33.4. The summed E-state index contributed by atoms with van der Waals surface area (Å²) < 4.78 is 1.67. The molecule has 0 saturated carbocycles. The SMILES string of the molecule is Cc1cc(N)nc(C)c1CNC(=O)c1ccnc(Cc2ccc(Cn3ccccc3=O)cc2)c1. The van der Waals surface area contributed by atoms with Gasteiger partial charge in [-0.1, -0.05) is 30.3 Å². The molecule has 0 bridgehead atoms. The summed E-state index contributed by atoms with van der Waals surface area (Å²) in [7, 11) is 0. The van der Waals surface area contributed by atoms with Gasteiger partial charge in [-0.25, -0.2) is 4.98 Å². The summed E-state index contributed by atoms with van der Waals surface area (Å²) in [6.45, 7) is 4.75. The van der Waals surface area contributed by atoms with Gasteiger partial charge in [0.15, 0.2) is 0 Å². The van der Waals surface area contributed by atoms with E-state index in [0.717, 1.165) is 33.6 Å². The average molecular weight is 454 g/mol. The van der Waals surface area contributed by atoms with Crippen LogP contribution in [0.2, 0.25) is 0 Å². The number of nitrogens with two attached hydrogens (primary N) is 1. The van der Waals surface area contributed by atoms with Crippen molar-refractivity contribution in [1.82, 2.24) is 19.9 Å². The van der Waals surface area contributed by atoms with Crippen molar-refractivity contribution >= 4 is 11.7 Å². The second-order valence-electron chi connectivity index (χ2n) is 8.31. The zero-order valence-electron chi connectivity index (χ0n) is 19.3. The maximum atomic E-state index is 12.7. The van der Waals surface area contributed by atoms with Crippen LogP contribution in [0.3, 0.4) is 0 Å². The molecule has 4 rings (SSSR count). The summed E-state index contributed by atoms with van der Waals surface area (Å²) in [6.07, 6.45) is 4.04. The third kappa shape index (κ3) is 5.56. The Morgan fingerprint density at radius 3 is 2.53 bits per heavy atom. The second-order valence-corrected chi connectivity index (χ2v) is 8.31. The molecule has 172 valence electrons. The van der Waals surface area contributed by atoms with Crippen LogP contribution in [0.5, 0.6) is 0 Å². The third-order valence-electron chi connectivity index (χ3n) is 5.74.